The number of sulfonamides is 1. The van der Waals surface area contributed by atoms with Crippen LogP contribution in [0.5, 0.6) is 0 Å². The van der Waals surface area contributed by atoms with Gasteiger partial charge in [0.15, 0.2) is 0 Å². The second-order valence-corrected chi connectivity index (χ2v) is 8.06. The highest BCUT2D eigenvalue weighted by atomic mass is 79.9. The predicted molar refractivity (Wildman–Crippen MR) is 85.7 cm³/mol. The van der Waals surface area contributed by atoms with Gasteiger partial charge in [0.25, 0.3) is 10.0 Å². The Morgan fingerprint density at radius 3 is 2.48 bits per heavy atom. The Hall–Kier alpha value is -1.38. The van der Waals surface area contributed by atoms with Gasteiger partial charge < -0.3 is 5.11 Å². The van der Waals surface area contributed by atoms with Crippen LogP contribution in [0.15, 0.2) is 33.6 Å². The Morgan fingerprint density at radius 2 is 1.90 bits per heavy atom. The molecule has 1 aromatic heterocycles. The van der Waals surface area contributed by atoms with Crippen molar-refractivity contribution < 1.29 is 18.3 Å². The lowest BCUT2D eigenvalue weighted by molar-refractivity contribution is 0.0701. The SMILES string of the molecule is Cc1ccc(Br)cc1S(=O)(=O)Nc1cc(C)c(C(=O)O)s1. The molecule has 0 atom stereocenters. The van der Waals surface area contributed by atoms with Gasteiger partial charge in [0, 0.05) is 4.47 Å². The van der Waals surface area contributed by atoms with Crippen molar-refractivity contribution in [3.8, 4) is 0 Å². The molecular formula is C13H12BrNO4S2. The average Bonchev–Trinajstić information content (AvgIpc) is 2.72. The van der Waals surface area contributed by atoms with E-state index < -0.39 is 16.0 Å². The van der Waals surface area contributed by atoms with Gasteiger partial charge in [-0.3, -0.25) is 4.72 Å². The summed E-state index contributed by atoms with van der Waals surface area (Å²) in [6, 6.07) is 6.47. The minimum Gasteiger partial charge on any atom is -0.477 e. The Morgan fingerprint density at radius 1 is 1.24 bits per heavy atom. The van der Waals surface area contributed by atoms with Crippen molar-refractivity contribution in [3.05, 3.63) is 44.7 Å². The van der Waals surface area contributed by atoms with Crippen LogP contribution in [0.1, 0.15) is 20.8 Å². The van der Waals surface area contributed by atoms with E-state index in [9.17, 15) is 13.2 Å². The van der Waals surface area contributed by atoms with E-state index >= 15 is 0 Å². The number of thiophene rings is 1. The van der Waals surface area contributed by atoms with E-state index in [2.05, 4.69) is 20.7 Å². The molecule has 21 heavy (non-hydrogen) atoms. The van der Waals surface area contributed by atoms with Gasteiger partial charge in [-0.25, -0.2) is 13.2 Å². The summed E-state index contributed by atoms with van der Waals surface area (Å²) in [6.45, 7) is 3.32. The largest absolute Gasteiger partial charge is 0.477 e. The summed E-state index contributed by atoms with van der Waals surface area (Å²) in [4.78, 5) is 11.3. The molecule has 0 radical (unpaired) electrons. The number of carboxylic acids is 1. The molecule has 0 aliphatic carbocycles. The topological polar surface area (TPSA) is 83.5 Å². The summed E-state index contributed by atoms with van der Waals surface area (Å²) >= 11 is 4.14. The Balaban J connectivity index is 2.40. The first-order valence-corrected chi connectivity index (χ1v) is 8.92. The van der Waals surface area contributed by atoms with Gasteiger partial charge in [0.1, 0.15) is 9.88 Å². The molecule has 2 rings (SSSR count). The third kappa shape index (κ3) is 3.45. The molecule has 0 saturated carbocycles. The van der Waals surface area contributed by atoms with Gasteiger partial charge in [-0.05, 0) is 43.2 Å². The highest BCUT2D eigenvalue weighted by Gasteiger charge is 2.20. The van der Waals surface area contributed by atoms with Crippen LogP contribution in [0.2, 0.25) is 0 Å². The number of halogens is 1. The molecule has 0 unspecified atom stereocenters. The normalized spacial score (nSPS) is 11.4. The number of hydrogen-bond acceptors (Lipinski definition) is 4. The third-order valence-corrected chi connectivity index (χ3v) is 6.06. The van der Waals surface area contributed by atoms with Crippen LogP contribution in [0.4, 0.5) is 5.00 Å². The number of anilines is 1. The molecule has 1 heterocycles. The second kappa shape index (κ2) is 5.78. The van der Waals surface area contributed by atoms with Crippen LogP contribution in [-0.2, 0) is 10.0 Å². The summed E-state index contributed by atoms with van der Waals surface area (Å²) in [6.07, 6.45) is 0. The van der Waals surface area contributed by atoms with E-state index in [1.165, 1.54) is 12.1 Å². The van der Waals surface area contributed by atoms with Crippen molar-refractivity contribution in [2.24, 2.45) is 0 Å². The van der Waals surface area contributed by atoms with Gasteiger partial charge in [0.2, 0.25) is 0 Å². The van der Waals surface area contributed by atoms with Crippen LogP contribution in [0.25, 0.3) is 0 Å². The third-order valence-electron chi connectivity index (χ3n) is 2.79. The van der Waals surface area contributed by atoms with Gasteiger partial charge in [0.05, 0.1) is 4.90 Å². The molecule has 2 aromatic rings. The van der Waals surface area contributed by atoms with E-state index in [0.717, 1.165) is 11.3 Å². The standard InChI is InChI=1S/C13H12BrNO4S2/c1-7-3-4-9(14)6-10(7)21(18,19)15-11-5-8(2)12(20-11)13(16)17/h3-6,15H,1-2H3,(H,16,17). The minimum atomic E-state index is -3.76. The maximum absolute atomic E-state index is 12.4. The molecule has 2 N–H and O–H groups in total. The first kappa shape index (κ1) is 16.0. The zero-order chi connectivity index (χ0) is 15.8. The number of benzene rings is 1. The fourth-order valence-electron chi connectivity index (χ4n) is 1.80. The molecule has 0 amide bonds. The number of aromatic carboxylic acids is 1. The van der Waals surface area contributed by atoms with Gasteiger partial charge in [-0.15, -0.1) is 11.3 Å². The first-order valence-electron chi connectivity index (χ1n) is 5.83. The van der Waals surface area contributed by atoms with Crippen molar-refractivity contribution in [3.63, 3.8) is 0 Å². The van der Waals surface area contributed by atoms with Crippen molar-refractivity contribution in [2.45, 2.75) is 18.7 Å². The highest BCUT2D eigenvalue weighted by Crippen LogP contribution is 2.30. The number of aryl methyl sites for hydroxylation is 2. The molecule has 0 aliphatic rings. The smallest absolute Gasteiger partial charge is 0.346 e. The Bertz CT molecular complexity index is 812. The lowest BCUT2D eigenvalue weighted by Gasteiger charge is -2.09. The minimum absolute atomic E-state index is 0.124. The molecular weight excluding hydrogens is 378 g/mol. The lowest BCUT2D eigenvalue weighted by Crippen LogP contribution is -2.13. The summed E-state index contributed by atoms with van der Waals surface area (Å²) in [5, 5.41) is 9.28. The van der Waals surface area contributed by atoms with Crippen LogP contribution >= 0.6 is 27.3 Å². The quantitative estimate of drug-likeness (QED) is 0.835. The molecule has 112 valence electrons. The van der Waals surface area contributed by atoms with Crippen molar-refractivity contribution in [1.29, 1.82) is 0 Å². The number of nitrogens with one attached hydrogen (secondary N) is 1. The maximum Gasteiger partial charge on any atom is 0.346 e. The second-order valence-electron chi connectivity index (χ2n) is 4.44. The molecule has 0 spiro atoms. The van der Waals surface area contributed by atoms with Gasteiger partial charge in [-0.1, -0.05) is 22.0 Å². The molecule has 1 aromatic carbocycles. The van der Waals surface area contributed by atoms with Crippen molar-refractivity contribution >= 4 is 48.3 Å². The zero-order valence-corrected chi connectivity index (χ0v) is 14.4. The fraction of sp³-hybridized carbons (Fsp3) is 0.154. The fourth-order valence-corrected chi connectivity index (χ4v) is 4.77. The van der Waals surface area contributed by atoms with E-state index in [1.807, 2.05) is 0 Å². The first-order chi connectivity index (χ1) is 9.70. The molecule has 0 aliphatic heterocycles. The van der Waals surface area contributed by atoms with E-state index in [4.69, 9.17) is 5.11 Å². The summed E-state index contributed by atoms with van der Waals surface area (Å²) in [5.74, 6) is -1.07. The highest BCUT2D eigenvalue weighted by molar-refractivity contribution is 9.10. The maximum atomic E-state index is 12.4. The summed E-state index contributed by atoms with van der Waals surface area (Å²) < 4.78 is 27.9. The summed E-state index contributed by atoms with van der Waals surface area (Å²) in [7, 11) is -3.76. The number of rotatable bonds is 4. The van der Waals surface area contributed by atoms with Crippen molar-refractivity contribution in [1.82, 2.24) is 0 Å². The number of hydrogen-bond donors (Lipinski definition) is 2. The van der Waals surface area contributed by atoms with Crippen LogP contribution in [-0.4, -0.2) is 19.5 Å². The number of carbonyl (C=O) groups is 1. The van der Waals surface area contributed by atoms with Gasteiger partial charge >= 0.3 is 5.97 Å². The van der Waals surface area contributed by atoms with Gasteiger partial charge in [-0.2, -0.15) is 0 Å². The van der Waals surface area contributed by atoms with Crippen LogP contribution < -0.4 is 4.72 Å². The predicted octanol–water partition coefficient (Wildman–Crippen LogP) is 3.63. The Kier molecular flexibility index (Phi) is 4.40. The number of carboxylic acid groups (broad SMARTS) is 1. The molecule has 0 saturated heterocycles. The molecule has 5 nitrogen and oxygen atoms in total. The zero-order valence-electron chi connectivity index (χ0n) is 11.2. The Labute approximate surface area is 134 Å². The average molecular weight is 390 g/mol. The van der Waals surface area contributed by atoms with Crippen molar-refractivity contribution in [2.75, 3.05) is 4.72 Å². The van der Waals surface area contributed by atoms with Crippen LogP contribution in [0.3, 0.4) is 0 Å². The van der Waals surface area contributed by atoms with E-state index in [0.29, 0.717) is 15.6 Å². The lowest BCUT2D eigenvalue weighted by atomic mass is 10.2. The molecule has 8 heteroatoms. The van der Waals surface area contributed by atoms with E-state index in [-0.39, 0.29) is 14.8 Å². The molecule has 0 bridgehead atoms. The summed E-state index contributed by atoms with van der Waals surface area (Å²) in [5.41, 5.74) is 1.13. The molecule has 0 fully saturated rings. The monoisotopic (exact) mass is 389 g/mol. The van der Waals surface area contributed by atoms with Crippen LogP contribution in [0, 0.1) is 13.8 Å². The van der Waals surface area contributed by atoms with E-state index in [1.54, 1.807) is 26.0 Å².